The number of para-hydroxylation sites is 1. The summed E-state index contributed by atoms with van der Waals surface area (Å²) in [5.41, 5.74) is 4.74. The van der Waals surface area contributed by atoms with Crippen molar-refractivity contribution in [2.45, 2.75) is 71.6 Å². The topological polar surface area (TPSA) is 72.7 Å². The molecule has 7 nitrogen and oxygen atoms in total. The smallest absolute Gasteiger partial charge is 0.191 e. The van der Waals surface area contributed by atoms with E-state index in [9.17, 15) is 0 Å². The van der Waals surface area contributed by atoms with Crippen molar-refractivity contribution in [2.75, 3.05) is 14.2 Å². The molecule has 0 spiro atoms. The van der Waals surface area contributed by atoms with Crippen LogP contribution in [0, 0.1) is 0 Å². The van der Waals surface area contributed by atoms with Gasteiger partial charge in [-0.1, -0.05) is 26.0 Å². The number of rotatable bonds is 9. The number of hydrogen-bond donors (Lipinski definition) is 2. The highest BCUT2D eigenvalue weighted by atomic mass is 127. The Labute approximate surface area is 209 Å². The van der Waals surface area contributed by atoms with Gasteiger partial charge in [-0.3, -0.25) is 9.67 Å². The zero-order valence-electron chi connectivity index (χ0n) is 20.0. The van der Waals surface area contributed by atoms with Gasteiger partial charge in [0.15, 0.2) is 17.5 Å². The molecule has 8 heteroatoms. The van der Waals surface area contributed by atoms with Crippen molar-refractivity contribution in [1.29, 1.82) is 0 Å². The van der Waals surface area contributed by atoms with Crippen LogP contribution >= 0.6 is 24.0 Å². The van der Waals surface area contributed by atoms with Crippen molar-refractivity contribution in [3.63, 3.8) is 0 Å². The van der Waals surface area contributed by atoms with Crippen LogP contribution in [0.3, 0.4) is 0 Å². The van der Waals surface area contributed by atoms with E-state index in [-0.39, 0.29) is 30.1 Å². The Morgan fingerprint density at radius 3 is 2.50 bits per heavy atom. The maximum absolute atomic E-state index is 6.35. The second-order valence-electron chi connectivity index (χ2n) is 7.95. The van der Waals surface area contributed by atoms with E-state index in [1.807, 2.05) is 23.9 Å². The summed E-state index contributed by atoms with van der Waals surface area (Å²) >= 11 is 0. The summed E-state index contributed by atoms with van der Waals surface area (Å²) < 4.78 is 13.9. The fourth-order valence-electron chi connectivity index (χ4n) is 4.33. The lowest BCUT2D eigenvalue weighted by molar-refractivity contribution is 0.198. The van der Waals surface area contributed by atoms with Gasteiger partial charge < -0.3 is 20.1 Å². The van der Waals surface area contributed by atoms with Crippen LogP contribution in [0.15, 0.2) is 23.2 Å². The van der Waals surface area contributed by atoms with Crippen LogP contribution in [0.4, 0.5) is 0 Å². The molecule has 2 aromatic rings. The normalized spacial score (nSPS) is 14.2. The maximum atomic E-state index is 6.35. The van der Waals surface area contributed by atoms with E-state index in [4.69, 9.17) is 9.47 Å². The van der Waals surface area contributed by atoms with E-state index in [1.54, 1.807) is 14.2 Å². The molecule has 0 radical (unpaired) electrons. The quantitative estimate of drug-likeness (QED) is 0.274. The number of nitrogens with zero attached hydrogens (tertiary/aromatic N) is 3. The molecule has 32 heavy (non-hydrogen) atoms. The van der Waals surface area contributed by atoms with E-state index in [0.717, 1.165) is 54.4 Å². The molecule has 178 valence electrons. The molecule has 1 fully saturated rings. The van der Waals surface area contributed by atoms with Gasteiger partial charge in [-0.25, -0.2) is 0 Å². The summed E-state index contributed by atoms with van der Waals surface area (Å²) in [4.78, 5) is 4.41. The molecule has 0 amide bonds. The average molecular weight is 556 g/mol. The van der Waals surface area contributed by atoms with Crippen molar-refractivity contribution < 1.29 is 9.47 Å². The highest BCUT2D eigenvalue weighted by molar-refractivity contribution is 14.0. The van der Waals surface area contributed by atoms with Crippen LogP contribution < -0.4 is 20.1 Å². The van der Waals surface area contributed by atoms with Crippen LogP contribution in [0.1, 0.15) is 62.0 Å². The van der Waals surface area contributed by atoms with Crippen LogP contribution in [-0.2, 0) is 33.0 Å². The lowest BCUT2D eigenvalue weighted by Gasteiger charge is -2.20. The predicted octanol–water partition coefficient (Wildman–Crippen LogP) is 4.36. The number of aryl methyl sites for hydroxylation is 2. The van der Waals surface area contributed by atoms with Crippen molar-refractivity contribution >= 4 is 29.9 Å². The first kappa shape index (κ1) is 26.3. The molecule has 0 atom stereocenters. The molecule has 0 saturated heterocycles. The Bertz CT molecular complexity index is 891. The minimum atomic E-state index is 0. The van der Waals surface area contributed by atoms with Crippen molar-refractivity contribution in [3.8, 4) is 11.5 Å². The fourth-order valence-corrected chi connectivity index (χ4v) is 4.33. The molecule has 3 rings (SSSR count). The summed E-state index contributed by atoms with van der Waals surface area (Å²) in [5.74, 6) is 2.38. The van der Waals surface area contributed by atoms with Gasteiger partial charge in [0.2, 0.25) is 0 Å². The minimum absolute atomic E-state index is 0. The molecule has 0 unspecified atom stereocenters. The van der Waals surface area contributed by atoms with E-state index in [2.05, 4.69) is 40.6 Å². The van der Waals surface area contributed by atoms with Crippen LogP contribution in [0.25, 0.3) is 0 Å². The van der Waals surface area contributed by atoms with Gasteiger partial charge in [-0.2, -0.15) is 5.10 Å². The molecule has 0 aliphatic heterocycles. The number of methoxy groups -OCH3 is 1. The number of guanidine groups is 1. The predicted molar refractivity (Wildman–Crippen MR) is 140 cm³/mol. The number of ether oxygens (including phenoxy) is 2. The second-order valence-corrected chi connectivity index (χ2v) is 7.95. The SMILES string of the molecule is CCc1nn(C)c(CC)c1CNC(=NC)NCc1cccc(OC)c1OC1CCCC1.I. The van der Waals surface area contributed by atoms with Crippen LogP contribution in [-0.4, -0.2) is 36.0 Å². The Morgan fingerprint density at radius 2 is 1.88 bits per heavy atom. The third-order valence-corrected chi connectivity index (χ3v) is 6.00. The number of nitrogens with one attached hydrogen (secondary N) is 2. The zero-order valence-corrected chi connectivity index (χ0v) is 22.4. The van der Waals surface area contributed by atoms with Gasteiger partial charge in [0.25, 0.3) is 0 Å². The first-order chi connectivity index (χ1) is 15.1. The van der Waals surface area contributed by atoms with Crippen molar-refractivity contribution in [2.24, 2.45) is 12.0 Å². The summed E-state index contributed by atoms with van der Waals surface area (Å²) in [5, 5.41) is 11.5. The van der Waals surface area contributed by atoms with Gasteiger partial charge in [0.05, 0.1) is 18.9 Å². The number of halogens is 1. The standard InChI is InChI=1S/C24H37N5O2.HI/c1-6-20-19(21(7-2)29(4)28-20)16-27-24(25-3)26-15-17-11-10-14-22(30-5)23(17)31-18-12-8-9-13-18;/h10-11,14,18H,6-9,12-13,15-16H2,1-5H3,(H2,25,26,27);1H. The molecule has 1 aliphatic rings. The van der Waals surface area contributed by atoms with Crippen molar-refractivity contribution in [1.82, 2.24) is 20.4 Å². The molecular formula is C24H38IN5O2. The number of benzene rings is 1. The van der Waals surface area contributed by atoms with Gasteiger partial charge in [-0.05, 0) is 44.6 Å². The Balaban J connectivity index is 0.00000363. The first-order valence-electron chi connectivity index (χ1n) is 11.4. The molecule has 1 aromatic heterocycles. The van der Waals surface area contributed by atoms with E-state index < -0.39 is 0 Å². The molecule has 0 bridgehead atoms. The monoisotopic (exact) mass is 555 g/mol. The van der Waals surface area contributed by atoms with E-state index in [1.165, 1.54) is 24.1 Å². The third-order valence-electron chi connectivity index (χ3n) is 6.00. The number of hydrogen-bond acceptors (Lipinski definition) is 4. The Hall–Kier alpha value is -1.97. The Kier molecular flexibility index (Phi) is 10.6. The van der Waals surface area contributed by atoms with Crippen molar-refractivity contribution in [3.05, 3.63) is 40.7 Å². The summed E-state index contributed by atoms with van der Waals surface area (Å²) in [7, 11) is 5.50. The highest BCUT2D eigenvalue weighted by Crippen LogP contribution is 2.34. The lowest BCUT2D eigenvalue weighted by atomic mass is 10.1. The fraction of sp³-hybridized carbons (Fsp3) is 0.583. The molecule has 1 saturated carbocycles. The van der Waals surface area contributed by atoms with Gasteiger partial charge >= 0.3 is 0 Å². The van der Waals surface area contributed by atoms with Crippen LogP contribution in [0.2, 0.25) is 0 Å². The highest BCUT2D eigenvalue weighted by Gasteiger charge is 2.21. The molecule has 1 heterocycles. The molecular weight excluding hydrogens is 517 g/mol. The average Bonchev–Trinajstić information content (AvgIpc) is 3.41. The zero-order chi connectivity index (χ0) is 22.2. The van der Waals surface area contributed by atoms with Crippen LogP contribution in [0.5, 0.6) is 11.5 Å². The minimum Gasteiger partial charge on any atom is -0.493 e. The second kappa shape index (κ2) is 12.9. The maximum Gasteiger partial charge on any atom is 0.191 e. The number of aliphatic imine (C=N–C) groups is 1. The van der Waals surface area contributed by atoms with E-state index in [0.29, 0.717) is 13.1 Å². The first-order valence-corrected chi connectivity index (χ1v) is 11.4. The third kappa shape index (κ3) is 6.30. The van der Waals surface area contributed by atoms with Gasteiger partial charge in [-0.15, -0.1) is 24.0 Å². The molecule has 2 N–H and O–H groups in total. The lowest BCUT2D eigenvalue weighted by Crippen LogP contribution is -2.36. The summed E-state index contributed by atoms with van der Waals surface area (Å²) in [6.45, 7) is 5.62. The van der Waals surface area contributed by atoms with E-state index >= 15 is 0 Å². The summed E-state index contributed by atoms with van der Waals surface area (Å²) in [6, 6.07) is 6.05. The largest absolute Gasteiger partial charge is 0.493 e. The van der Waals surface area contributed by atoms with Gasteiger partial charge in [0, 0.05) is 44.0 Å². The summed E-state index contributed by atoms with van der Waals surface area (Å²) in [6.07, 6.45) is 6.84. The Morgan fingerprint density at radius 1 is 1.16 bits per heavy atom. The number of aromatic nitrogens is 2. The molecule has 1 aromatic carbocycles. The molecule has 1 aliphatic carbocycles. The van der Waals surface area contributed by atoms with Gasteiger partial charge in [0.1, 0.15) is 0 Å².